The van der Waals surface area contributed by atoms with Crippen molar-refractivity contribution in [2.45, 2.75) is 45.4 Å². The third-order valence-electron chi connectivity index (χ3n) is 4.12. The fourth-order valence-corrected chi connectivity index (χ4v) is 3.37. The maximum atomic E-state index is 12.3. The Bertz CT molecular complexity index is 869. The number of hydrogen-bond acceptors (Lipinski definition) is 7. The number of nitrogens with zero attached hydrogens (tertiary/aromatic N) is 5. The lowest BCUT2D eigenvalue weighted by molar-refractivity contribution is 0.227. The maximum Gasteiger partial charge on any atom is 0.372 e. The van der Waals surface area contributed by atoms with E-state index in [-0.39, 0.29) is 5.30 Å². The van der Waals surface area contributed by atoms with E-state index in [9.17, 15) is 4.79 Å². The first-order valence-electron chi connectivity index (χ1n) is 9.27. The van der Waals surface area contributed by atoms with Gasteiger partial charge in [0.05, 0.1) is 0 Å². The quantitative estimate of drug-likeness (QED) is 0.387. The van der Waals surface area contributed by atoms with Crippen LogP contribution in [0.4, 0.5) is 4.79 Å². The molecule has 1 aromatic carbocycles. The van der Waals surface area contributed by atoms with Crippen molar-refractivity contribution >= 4 is 22.7 Å². The van der Waals surface area contributed by atoms with Crippen LogP contribution in [-0.2, 0) is 0 Å². The van der Waals surface area contributed by atoms with E-state index in [0.717, 1.165) is 24.2 Å². The zero-order chi connectivity index (χ0) is 18.9. The van der Waals surface area contributed by atoms with Crippen LogP contribution in [0.15, 0.2) is 36.4 Å². The molecular formula is C19H23N5O2S. The summed E-state index contributed by atoms with van der Waals surface area (Å²) in [6.07, 6.45) is 7.18. The van der Waals surface area contributed by atoms with E-state index in [4.69, 9.17) is 4.74 Å². The largest absolute Gasteiger partial charge is 0.416 e. The first-order valence-corrected chi connectivity index (χ1v) is 10.3. The fourth-order valence-electron chi connectivity index (χ4n) is 2.71. The van der Waals surface area contributed by atoms with Gasteiger partial charge in [0.1, 0.15) is 5.69 Å². The van der Waals surface area contributed by atoms with Gasteiger partial charge in [0.2, 0.25) is 5.65 Å². The Kier molecular flexibility index (Phi) is 7.15. The Morgan fingerprint density at radius 3 is 2.70 bits per heavy atom. The molecular weight excluding hydrogens is 362 g/mol. The van der Waals surface area contributed by atoms with Crippen LogP contribution in [0.3, 0.4) is 0 Å². The summed E-state index contributed by atoms with van der Waals surface area (Å²) < 4.78 is 6.90. The van der Waals surface area contributed by atoms with Crippen LogP contribution in [-0.4, -0.2) is 36.3 Å². The number of rotatable bonds is 9. The summed E-state index contributed by atoms with van der Waals surface area (Å²) in [4.78, 5) is 12.3. The van der Waals surface area contributed by atoms with E-state index < -0.39 is 0 Å². The summed E-state index contributed by atoms with van der Waals surface area (Å²) in [5.41, 5.74) is 1.79. The summed E-state index contributed by atoms with van der Waals surface area (Å²) in [7, 11) is 0. The van der Waals surface area contributed by atoms with Crippen LogP contribution in [0.25, 0.3) is 16.9 Å². The maximum absolute atomic E-state index is 12.3. The zero-order valence-electron chi connectivity index (χ0n) is 15.4. The number of carbonyl (C=O) groups is 1. The first kappa shape index (κ1) is 19.3. The molecule has 0 amide bonds. The van der Waals surface area contributed by atoms with Crippen LogP contribution in [0.1, 0.15) is 45.4 Å². The number of benzene rings is 1. The molecule has 8 heteroatoms. The van der Waals surface area contributed by atoms with Crippen LogP contribution in [0.5, 0.6) is 5.75 Å². The van der Waals surface area contributed by atoms with Gasteiger partial charge in [-0.2, -0.15) is 0 Å². The molecule has 3 rings (SSSR count). The molecule has 0 atom stereocenters. The summed E-state index contributed by atoms with van der Waals surface area (Å²) in [5, 5.41) is 15.3. The van der Waals surface area contributed by atoms with Gasteiger partial charge in [-0.3, -0.25) is 0 Å². The van der Waals surface area contributed by atoms with E-state index in [0.29, 0.717) is 17.1 Å². The highest BCUT2D eigenvalue weighted by Gasteiger charge is 2.16. The van der Waals surface area contributed by atoms with E-state index in [1.807, 2.05) is 30.3 Å². The Balaban J connectivity index is 1.62. The van der Waals surface area contributed by atoms with Crippen molar-refractivity contribution in [3.63, 3.8) is 0 Å². The van der Waals surface area contributed by atoms with Crippen molar-refractivity contribution in [2.75, 3.05) is 5.75 Å². The summed E-state index contributed by atoms with van der Waals surface area (Å²) >= 11 is 1.20. The van der Waals surface area contributed by atoms with Gasteiger partial charge in [-0.1, -0.05) is 69.4 Å². The monoisotopic (exact) mass is 385 g/mol. The molecule has 0 radical (unpaired) electrons. The van der Waals surface area contributed by atoms with E-state index in [1.54, 1.807) is 6.07 Å². The predicted molar refractivity (Wildman–Crippen MR) is 106 cm³/mol. The second-order valence-electron chi connectivity index (χ2n) is 6.22. The smallest absolute Gasteiger partial charge is 0.372 e. The molecule has 0 fully saturated rings. The van der Waals surface area contributed by atoms with Crippen LogP contribution < -0.4 is 4.74 Å². The molecule has 27 heavy (non-hydrogen) atoms. The minimum Gasteiger partial charge on any atom is -0.416 e. The molecule has 142 valence electrons. The molecule has 0 aliphatic carbocycles. The number of carbonyl (C=O) groups excluding carboxylic acids is 1. The predicted octanol–water partition coefficient (Wildman–Crippen LogP) is 4.78. The molecule has 7 nitrogen and oxygen atoms in total. The van der Waals surface area contributed by atoms with Gasteiger partial charge in [0.25, 0.3) is 0 Å². The van der Waals surface area contributed by atoms with Crippen molar-refractivity contribution in [1.29, 1.82) is 0 Å². The molecule has 3 aromatic rings. The lowest BCUT2D eigenvalue weighted by Crippen LogP contribution is -2.06. The fraction of sp³-hybridized carbons (Fsp3) is 0.421. The molecule has 0 aliphatic heterocycles. The highest BCUT2D eigenvalue weighted by molar-refractivity contribution is 8.13. The number of thioether (sulfide) groups is 1. The normalized spacial score (nSPS) is 11.0. The van der Waals surface area contributed by atoms with Gasteiger partial charge in [-0.25, -0.2) is 4.79 Å². The van der Waals surface area contributed by atoms with Crippen molar-refractivity contribution in [3.05, 3.63) is 36.4 Å². The van der Waals surface area contributed by atoms with Crippen LogP contribution in [0.2, 0.25) is 0 Å². The molecule has 0 unspecified atom stereocenters. The van der Waals surface area contributed by atoms with Gasteiger partial charge >= 0.3 is 5.30 Å². The molecule has 2 aromatic heterocycles. The third kappa shape index (κ3) is 5.50. The van der Waals surface area contributed by atoms with Gasteiger partial charge in [0, 0.05) is 17.4 Å². The SMILES string of the molecule is CCCCCCCCSC(=O)Oc1cc2nnnn2nc1-c1ccccc1. The zero-order valence-corrected chi connectivity index (χ0v) is 16.2. The van der Waals surface area contributed by atoms with Gasteiger partial charge < -0.3 is 4.74 Å². The van der Waals surface area contributed by atoms with Gasteiger partial charge in [0.15, 0.2) is 5.75 Å². The Morgan fingerprint density at radius 1 is 1.11 bits per heavy atom. The molecule has 0 aliphatic rings. The van der Waals surface area contributed by atoms with Crippen molar-refractivity contribution < 1.29 is 9.53 Å². The topological polar surface area (TPSA) is 82.3 Å². The molecule has 0 saturated carbocycles. The lowest BCUT2D eigenvalue weighted by atomic mass is 10.1. The molecule has 0 N–H and O–H groups in total. The van der Waals surface area contributed by atoms with E-state index in [2.05, 4.69) is 27.5 Å². The van der Waals surface area contributed by atoms with Gasteiger partial charge in [-0.15, -0.1) is 14.8 Å². The van der Waals surface area contributed by atoms with E-state index in [1.165, 1.54) is 42.1 Å². The Morgan fingerprint density at radius 2 is 1.89 bits per heavy atom. The number of fused-ring (bicyclic) bond motifs is 1. The Hall–Kier alpha value is -2.48. The van der Waals surface area contributed by atoms with E-state index >= 15 is 0 Å². The standard InChI is InChI=1S/C19H23N5O2S/c1-2-3-4-5-6-10-13-27-19(25)26-16-14-17-20-22-23-24(17)21-18(16)15-11-8-7-9-12-15/h7-9,11-12,14H,2-6,10,13H2,1H3. The van der Waals surface area contributed by atoms with Crippen molar-refractivity contribution in [2.24, 2.45) is 0 Å². The lowest BCUT2D eigenvalue weighted by Gasteiger charge is -2.09. The minimum absolute atomic E-state index is 0.334. The minimum atomic E-state index is -0.334. The van der Waals surface area contributed by atoms with Crippen molar-refractivity contribution in [1.82, 2.24) is 25.3 Å². The van der Waals surface area contributed by atoms with Crippen LogP contribution >= 0.6 is 11.8 Å². The van der Waals surface area contributed by atoms with Gasteiger partial charge in [-0.05, 0) is 28.6 Å². The number of unbranched alkanes of at least 4 members (excludes halogenated alkanes) is 5. The number of aromatic nitrogens is 5. The number of tetrazole rings is 1. The number of ether oxygens (including phenoxy) is 1. The molecule has 0 bridgehead atoms. The average molecular weight is 385 g/mol. The number of hydrogen-bond donors (Lipinski definition) is 0. The summed E-state index contributed by atoms with van der Waals surface area (Å²) in [6.45, 7) is 2.21. The second-order valence-corrected chi connectivity index (χ2v) is 7.25. The Labute approximate surface area is 162 Å². The first-order chi connectivity index (χ1) is 13.3. The average Bonchev–Trinajstić information content (AvgIpc) is 3.15. The second kappa shape index (κ2) is 10.0. The third-order valence-corrected chi connectivity index (χ3v) is 4.94. The highest BCUT2D eigenvalue weighted by atomic mass is 32.2. The summed E-state index contributed by atoms with van der Waals surface area (Å²) in [5.74, 6) is 1.12. The molecule has 0 spiro atoms. The van der Waals surface area contributed by atoms with Crippen LogP contribution in [0, 0.1) is 0 Å². The van der Waals surface area contributed by atoms with Crippen molar-refractivity contribution in [3.8, 4) is 17.0 Å². The molecule has 0 saturated heterocycles. The molecule has 2 heterocycles. The highest BCUT2D eigenvalue weighted by Crippen LogP contribution is 2.29. The summed E-state index contributed by atoms with van der Waals surface area (Å²) in [6, 6.07) is 11.2.